The highest BCUT2D eigenvalue weighted by Crippen LogP contribution is 2.11. The number of nitrogens with one attached hydrogen (secondary N) is 2. The van der Waals surface area contributed by atoms with Crippen molar-refractivity contribution >= 4 is 11.6 Å². The van der Waals surface area contributed by atoms with E-state index in [0.29, 0.717) is 17.8 Å². The number of anilines is 1. The number of H-pyrrole nitrogens is 1. The minimum Gasteiger partial charge on any atom is -0.396 e. The first-order chi connectivity index (χ1) is 9.22. The van der Waals surface area contributed by atoms with Crippen LogP contribution in [0.5, 0.6) is 0 Å². The minimum atomic E-state index is -0.231. The Morgan fingerprint density at radius 1 is 1.37 bits per heavy atom. The molecule has 0 aliphatic rings. The van der Waals surface area contributed by atoms with Gasteiger partial charge in [0.15, 0.2) is 5.69 Å². The van der Waals surface area contributed by atoms with E-state index in [0.717, 1.165) is 17.7 Å². The Morgan fingerprint density at radius 3 is 2.68 bits per heavy atom. The van der Waals surface area contributed by atoms with Crippen LogP contribution in [0.15, 0.2) is 30.3 Å². The zero-order valence-electron chi connectivity index (χ0n) is 10.8. The fraction of sp³-hybridized carbons (Fsp3) is 0.286. The van der Waals surface area contributed by atoms with E-state index < -0.39 is 0 Å². The summed E-state index contributed by atoms with van der Waals surface area (Å²) < 4.78 is 0. The van der Waals surface area contributed by atoms with Crippen molar-refractivity contribution in [3.63, 3.8) is 0 Å². The largest absolute Gasteiger partial charge is 0.396 e. The predicted molar refractivity (Wildman–Crippen MR) is 73.2 cm³/mol. The van der Waals surface area contributed by atoms with Crippen LogP contribution in [-0.2, 0) is 12.8 Å². The lowest BCUT2D eigenvalue weighted by atomic mass is 10.1. The van der Waals surface area contributed by atoms with Crippen LogP contribution >= 0.6 is 0 Å². The van der Waals surface area contributed by atoms with E-state index in [1.165, 1.54) is 0 Å². The lowest BCUT2D eigenvalue weighted by Gasteiger charge is -2.04. The molecule has 0 saturated heterocycles. The number of rotatable bonds is 5. The van der Waals surface area contributed by atoms with E-state index >= 15 is 0 Å². The van der Waals surface area contributed by atoms with Gasteiger partial charge >= 0.3 is 0 Å². The first kappa shape index (κ1) is 13.3. The number of aliphatic hydroxyl groups excluding tert-OH is 1. The summed E-state index contributed by atoms with van der Waals surface area (Å²) >= 11 is 0. The maximum atomic E-state index is 11.9. The summed E-state index contributed by atoms with van der Waals surface area (Å²) in [6, 6.07) is 9.14. The van der Waals surface area contributed by atoms with Crippen molar-refractivity contribution in [3.8, 4) is 0 Å². The van der Waals surface area contributed by atoms with Gasteiger partial charge in [-0.05, 0) is 36.6 Å². The summed E-state index contributed by atoms with van der Waals surface area (Å²) in [5.74, 6) is -0.231. The topological polar surface area (TPSA) is 78.0 Å². The molecule has 0 bridgehead atoms. The van der Waals surface area contributed by atoms with E-state index in [2.05, 4.69) is 15.5 Å². The number of aliphatic hydroxyl groups is 1. The summed E-state index contributed by atoms with van der Waals surface area (Å²) in [6.45, 7) is 2.12. The predicted octanol–water partition coefficient (Wildman–Crippen LogP) is 1.76. The van der Waals surface area contributed by atoms with Gasteiger partial charge < -0.3 is 10.4 Å². The van der Waals surface area contributed by atoms with Crippen LogP contribution in [-0.4, -0.2) is 27.8 Å². The molecule has 0 spiro atoms. The highest BCUT2D eigenvalue weighted by molar-refractivity contribution is 6.02. The average Bonchev–Trinajstić information content (AvgIpc) is 2.90. The zero-order valence-corrected chi connectivity index (χ0v) is 10.8. The second-order valence-electron chi connectivity index (χ2n) is 4.26. The van der Waals surface area contributed by atoms with Crippen LogP contribution in [0.25, 0.3) is 0 Å². The molecule has 0 fully saturated rings. The number of benzene rings is 1. The lowest BCUT2D eigenvalue weighted by molar-refractivity contribution is 0.102. The van der Waals surface area contributed by atoms with Crippen LogP contribution in [0.1, 0.15) is 28.7 Å². The van der Waals surface area contributed by atoms with Gasteiger partial charge in [-0.1, -0.05) is 19.1 Å². The highest BCUT2D eigenvalue weighted by atomic mass is 16.2. The van der Waals surface area contributed by atoms with E-state index in [-0.39, 0.29) is 12.5 Å². The van der Waals surface area contributed by atoms with Crippen molar-refractivity contribution in [2.24, 2.45) is 0 Å². The Hall–Kier alpha value is -2.14. The molecule has 0 aliphatic heterocycles. The molecule has 100 valence electrons. The fourth-order valence-electron chi connectivity index (χ4n) is 1.74. The first-order valence-corrected chi connectivity index (χ1v) is 6.28. The maximum absolute atomic E-state index is 11.9. The summed E-state index contributed by atoms with van der Waals surface area (Å²) in [5.41, 5.74) is 3.07. The molecule has 5 nitrogen and oxygen atoms in total. The van der Waals surface area contributed by atoms with Gasteiger partial charge in [-0.2, -0.15) is 5.10 Å². The molecule has 1 aromatic heterocycles. The van der Waals surface area contributed by atoms with Gasteiger partial charge in [-0.25, -0.2) is 0 Å². The number of hydrogen-bond donors (Lipinski definition) is 3. The zero-order chi connectivity index (χ0) is 13.7. The third-order valence-electron chi connectivity index (χ3n) is 2.86. The number of hydrogen-bond acceptors (Lipinski definition) is 3. The normalized spacial score (nSPS) is 10.4. The molecule has 19 heavy (non-hydrogen) atoms. The summed E-state index contributed by atoms with van der Waals surface area (Å²) in [7, 11) is 0. The molecule has 0 unspecified atom stereocenters. The van der Waals surface area contributed by atoms with Gasteiger partial charge in [0.1, 0.15) is 0 Å². The number of aromatic amines is 1. The van der Waals surface area contributed by atoms with Gasteiger partial charge in [-0.15, -0.1) is 0 Å². The monoisotopic (exact) mass is 259 g/mol. The second-order valence-corrected chi connectivity index (χ2v) is 4.26. The van der Waals surface area contributed by atoms with Crippen molar-refractivity contribution in [1.82, 2.24) is 10.2 Å². The van der Waals surface area contributed by atoms with Gasteiger partial charge in [0, 0.05) is 18.0 Å². The number of aromatic nitrogens is 2. The summed E-state index contributed by atoms with van der Waals surface area (Å²) in [5, 5.41) is 18.4. The second kappa shape index (κ2) is 6.15. The van der Waals surface area contributed by atoms with Crippen LogP contribution in [0, 0.1) is 0 Å². The standard InChI is InChI=1S/C14H17N3O2/c1-2-11-9-13(17-16-11)14(19)15-12-5-3-10(4-6-12)7-8-18/h3-6,9,18H,2,7-8H2,1H3,(H,15,19)(H,16,17). The molecule has 0 radical (unpaired) electrons. The number of carbonyl (C=O) groups is 1. The third-order valence-corrected chi connectivity index (χ3v) is 2.86. The molecule has 1 amide bonds. The first-order valence-electron chi connectivity index (χ1n) is 6.28. The SMILES string of the molecule is CCc1cc(C(=O)Nc2ccc(CCO)cc2)n[nH]1. The van der Waals surface area contributed by atoms with Crippen LogP contribution in [0.3, 0.4) is 0 Å². The van der Waals surface area contributed by atoms with E-state index in [9.17, 15) is 4.79 Å². The van der Waals surface area contributed by atoms with Crippen molar-refractivity contribution in [1.29, 1.82) is 0 Å². The van der Waals surface area contributed by atoms with Crippen LogP contribution in [0.4, 0.5) is 5.69 Å². The quantitative estimate of drug-likeness (QED) is 0.765. The molecule has 2 rings (SSSR count). The molecule has 1 aromatic carbocycles. The molecule has 0 aliphatic carbocycles. The van der Waals surface area contributed by atoms with Crippen molar-refractivity contribution in [2.45, 2.75) is 19.8 Å². The third kappa shape index (κ3) is 3.42. The number of nitrogens with zero attached hydrogens (tertiary/aromatic N) is 1. The molecule has 0 atom stereocenters. The molecule has 1 heterocycles. The molecule has 3 N–H and O–H groups in total. The molecular formula is C14H17N3O2. The minimum absolute atomic E-state index is 0.124. The van der Waals surface area contributed by atoms with Crippen molar-refractivity contribution in [2.75, 3.05) is 11.9 Å². The van der Waals surface area contributed by atoms with E-state index in [1.54, 1.807) is 6.07 Å². The van der Waals surface area contributed by atoms with Gasteiger partial charge in [0.05, 0.1) is 0 Å². The summed E-state index contributed by atoms with van der Waals surface area (Å²) in [4.78, 5) is 11.9. The lowest BCUT2D eigenvalue weighted by Crippen LogP contribution is -2.12. The Bertz CT molecular complexity index is 546. The highest BCUT2D eigenvalue weighted by Gasteiger charge is 2.09. The van der Waals surface area contributed by atoms with Crippen molar-refractivity contribution < 1.29 is 9.90 Å². The fourth-order valence-corrected chi connectivity index (χ4v) is 1.74. The molecular weight excluding hydrogens is 242 g/mol. The number of aryl methyl sites for hydroxylation is 1. The Kier molecular flexibility index (Phi) is 4.30. The summed E-state index contributed by atoms with van der Waals surface area (Å²) in [6.07, 6.45) is 1.43. The Balaban J connectivity index is 2.01. The molecule has 5 heteroatoms. The number of amides is 1. The van der Waals surface area contributed by atoms with Crippen LogP contribution in [0.2, 0.25) is 0 Å². The van der Waals surface area contributed by atoms with Gasteiger partial charge in [-0.3, -0.25) is 9.89 Å². The van der Waals surface area contributed by atoms with E-state index in [1.807, 2.05) is 31.2 Å². The molecule has 0 saturated carbocycles. The van der Waals surface area contributed by atoms with Gasteiger partial charge in [0.25, 0.3) is 5.91 Å². The maximum Gasteiger partial charge on any atom is 0.276 e. The number of carbonyl (C=O) groups excluding carboxylic acids is 1. The average molecular weight is 259 g/mol. The molecule has 2 aromatic rings. The van der Waals surface area contributed by atoms with E-state index in [4.69, 9.17) is 5.11 Å². The van der Waals surface area contributed by atoms with Crippen molar-refractivity contribution in [3.05, 3.63) is 47.3 Å². The smallest absolute Gasteiger partial charge is 0.276 e. The van der Waals surface area contributed by atoms with Gasteiger partial charge in [0.2, 0.25) is 0 Å². The van der Waals surface area contributed by atoms with Crippen LogP contribution < -0.4 is 5.32 Å². The Morgan fingerprint density at radius 2 is 2.11 bits per heavy atom. The Labute approximate surface area is 111 Å².